The molecule has 3 nitrogen and oxygen atoms in total. The molecule has 1 aliphatic carbocycles. The van der Waals surface area contributed by atoms with Crippen molar-refractivity contribution in [2.45, 2.75) is 25.1 Å². The molecule has 0 spiro atoms. The fourth-order valence-corrected chi connectivity index (χ4v) is 1.77. The van der Waals surface area contributed by atoms with Crippen LogP contribution in [0.4, 0.5) is 19.0 Å². The van der Waals surface area contributed by atoms with Crippen LogP contribution in [0.15, 0.2) is 12.1 Å². The summed E-state index contributed by atoms with van der Waals surface area (Å²) in [5, 5.41) is 6.83. The third-order valence-corrected chi connectivity index (χ3v) is 2.72. The lowest BCUT2D eigenvalue weighted by atomic mass is 10.3. The van der Waals surface area contributed by atoms with Gasteiger partial charge < -0.3 is 4.90 Å². The van der Waals surface area contributed by atoms with Gasteiger partial charge in [0, 0.05) is 18.5 Å². The minimum atomic E-state index is -4.44. The van der Waals surface area contributed by atoms with Crippen LogP contribution in [0.3, 0.4) is 0 Å². The second-order valence-electron chi connectivity index (χ2n) is 3.89. The van der Waals surface area contributed by atoms with E-state index in [1.54, 1.807) is 0 Å². The van der Waals surface area contributed by atoms with Crippen molar-refractivity contribution in [2.24, 2.45) is 0 Å². The van der Waals surface area contributed by atoms with Crippen LogP contribution in [-0.2, 0) is 6.18 Å². The zero-order chi connectivity index (χ0) is 12.5. The summed E-state index contributed by atoms with van der Waals surface area (Å²) in [5.74, 6) is 0.875. The zero-order valence-electron chi connectivity index (χ0n) is 8.91. The molecule has 2 rings (SSSR count). The van der Waals surface area contributed by atoms with Crippen LogP contribution in [0.1, 0.15) is 18.5 Å². The molecule has 1 aliphatic rings. The SMILES string of the molecule is FC(F)(F)c1ccc(N(CCCl)C2CC2)nn1. The Bertz CT molecular complexity index is 375. The molecule has 0 aromatic carbocycles. The van der Waals surface area contributed by atoms with E-state index in [0.29, 0.717) is 24.3 Å². The van der Waals surface area contributed by atoms with Gasteiger partial charge in [0.1, 0.15) is 0 Å². The molecule has 1 aromatic heterocycles. The lowest BCUT2D eigenvalue weighted by Crippen LogP contribution is -2.29. The van der Waals surface area contributed by atoms with Crippen molar-refractivity contribution < 1.29 is 13.2 Å². The molecular formula is C10H11ClF3N3. The monoisotopic (exact) mass is 265 g/mol. The molecule has 0 aliphatic heterocycles. The highest BCUT2D eigenvalue weighted by molar-refractivity contribution is 6.18. The molecule has 7 heteroatoms. The summed E-state index contributed by atoms with van der Waals surface area (Å²) in [4.78, 5) is 1.90. The average molecular weight is 266 g/mol. The highest BCUT2D eigenvalue weighted by Crippen LogP contribution is 2.32. The standard InChI is InChI=1S/C10H11ClF3N3/c11-5-6-17(7-1-2-7)9-4-3-8(15-16-9)10(12,13)14/h3-4,7H,1-2,5-6H2. The number of alkyl halides is 4. The second-order valence-corrected chi connectivity index (χ2v) is 4.27. The lowest BCUT2D eigenvalue weighted by Gasteiger charge is -2.21. The van der Waals surface area contributed by atoms with Crippen molar-refractivity contribution in [3.8, 4) is 0 Å². The fraction of sp³-hybridized carbons (Fsp3) is 0.600. The van der Waals surface area contributed by atoms with E-state index in [1.165, 1.54) is 6.07 Å². The first-order chi connectivity index (χ1) is 8.02. The van der Waals surface area contributed by atoms with Crippen molar-refractivity contribution in [2.75, 3.05) is 17.3 Å². The van der Waals surface area contributed by atoms with E-state index >= 15 is 0 Å². The topological polar surface area (TPSA) is 29.0 Å². The van der Waals surface area contributed by atoms with Gasteiger partial charge in [-0.2, -0.15) is 13.2 Å². The Morgan fingerprint density at radius 1 is 1.29 bits per heavy atom. The maximum atomic E-state index is 12.3. The van der Waals surface area contributed by atoms with Gasteiger partial charge in [0.2, 0.25) is 0 Å². The maximum Gasteiger partial charge on any atom is 0.435 e. The first-order valence-electron chi connectivity index (χ1n) is 5.26. The predicted molar refractivity (Wildman–Crippen MR) is 58.1 cm³/mol. The van der Waals surface area contributed by atoms with Crippen molar-refractivity contribution >= 4 is 17.4 Å². The van der Waals surface area contributed by atoms with Gasteiger partial charge in [-0.3, -0.25) is 0 Å². The van der Waals surface area contributed by atoms with Crippen molar-refractivity contribution in [3.63, 3.8) is 0 Å². The van der Waals surface area contributed by atoms with Gasteiger partial charge in [0.05, 0.1) is 0 Å². The number of rotatable bonds is 4. The highest BCUT2D eigenvalue weighted by Gasteiger charge is 2.34. The van der Waals surface area contributed by atoms with Gasteiger partial charge in [0.15, 0.2) is 11.5 Å². The van der Waals surface area contributed by atoms with Crippen LogP contribution in [0, 0.1) is 0 Å². The van der Waals surface area contributed by atoms with E-state index in [-0.39, 0.29) is 0 Å². The largest absolute Gasteiger partial charge is 0.435 e. The van der Waals surface area contributed by atoms with E-state index in [1.807, 2.05) is 4.90 Å². The van der Waals surface area contributed by atoms with Gasteiger partial charge in [0.25, 0.3) is 0 Å². The fourth-order valence-electron chi connectivity index (χ4n) is 1.59. The van der Waals surface area contributed by atoms with E-state index in [2.05, 4.69) is 10.2 Å². The van der Waals surface area contributed by atoms with Crippen molar-refractivity contribution in [1.29, 1.82) is 0 Å². The second kappa shape index (κ2) is 4.68. The van der Waals surface area contributed by atoms with Gasteiger partial charge >= 0.3 is 6.18 Å². The Morgan fingerprint density at radius 3 is 2.41 bits per heavy atom. The number of aromatic nitrogens is 2. The van der Waals surface area contributed by atoms with Gasteiger partial charge in [-0.15, -0.1) is 21.8 Å². The first kappa shape index (κ1) is 12.4. The molecule has 1 fully saturated rings. The lowest BCUT2D eigenvalue weighted by molar-refractivity contribution is -0.141. The van der Waals surface area contributed by atoms with E-state index in [4.69, 9.17) is 11.6 Å². The Morgan fingerprint density at radius 2 is 2.00 bits per heavy atom. The Labute approximate surface area is 102 Å². The molecule has 94 valence electrons. The summed E-state index contributed by atoms with van der Waals surface area (Å²) in [6, 6.07) is 2.65. The first-order valence-corrected chi connectivity index (χ1v) is 5.79. The van der Waals surface area contributed by atoms with Gasteiger partial charge in [-0.05, 0) is 25.0 Å². The molecule has 0 atom stereocenters. The summed E-state index contributed by atoms with van der Waals surface area (Å²) in [6.45, 7) is 0.576. The highest BCUT2D eigenvalue weighted by atomic mass is 35.5. The number of hydrogen-bond donors (Lipinski definition) is 0. The summed E-state index contributed by atoms with van der Waals surface area (Å²) >= 11 is 5.65. The molecule has 1 saturated carbocycles. The molecule has 1 aromatic rings. The quantitative estimate of drug-likeness (QED) is 0.784. The summed E-state index contributed by atoms with van der Waals surface area (Å²) in [7, 11) is 0. The van der Waals surface area contributed by atoms with Crippen LogP contribution in [0.25, 0.3) is 0 Å². The maximum absolute atomic E-state index is 12.3. The zero-order valence-corrected chi connectivity index (χ0v) is 9.67. The summed E-state index contributed by atoms with van der Waals surface area (Å²) in [5.41, 5.74) is -0.970. The van der Waals surface area contributed by atoms with Crippen LogP contribution in [0.2, 0.25) is 0 Å². The third kappa shape index (κ3) is 3.00. The van der Waals surface area contributed by atoms with E-state index < -0.39 is 11.9 Å². The smallest absolute Gasteiger partial charge is 0.351 e. The minimum Gasteiger partial charge on any atom is -0.351 e. The Kier molecular flexibility index (Phi) is 3.42. The molecule has 0 N–H and O–H groups in total. The molecule has 0 bridgehead atoms. The molecule has 0 amide bonds. The number of halogens is 4. The van der Waals surface area contributed by atoms with Gasteiger partial charge in [-0.1, -0.05) is 0 Å². The minimum absolute atomic E-state index is 0.347. The summed E-state index contributed by atoms with van der Waals surface area (Å²) < 4.78 is 36.9. The molecular weight excluding hydrogens is 255 g/mol. The molecule has 0 saturated heterocycles. The molecule has 1 heterocycles. The van der Waals surface area contributed by atoms with Crippen molar-refractivity contribution in [1.82, 2.24) is 10.2 Å². The average Bonchev–Trinajstić information content (AvgIpc) is 3.09. The van der Waals surface area contributed by atoms with Crippen LogP contribution < -0.4 is 4.90 Å². The van der Waals surface area contributed by atoms with Crippen LogP contribution in [0.5, 0.6) is 0 Å². The van der Waals surface area contributed by atoms with Gasteiger partial charge in [-0.25, -0.2) is 0 Å². The molecule has 0 unspecified atom stereocenters. The normalized spacial score (nSPS) is 16.0. The Hall–Kier alpha value is -1.04. The molecule has 17 heavy (non-hydrogen) atoms. The number of hydrogen-bond acceptors (Lipinski definition) is 3. The summed E-state index contributed by atoms with van der Waals surface area (Å²) in [6.07, 6.45) is -2.39. The van der Waals surface area contributed by atoms with E-state index in [9.17, 15) is 13.2 Å². The Balaban J connectivity index is 2.15. The number of nitrogens with zero attached hydrogens (tertiary/aromatic N) is 3. The van der Waals surface area contributed by atoms with Crippen LogP contribution >= 0.6 is 11.6 Å². The van der Waals surface area contributed by atoms with Crippen LogP contribution in [-0.4, -0.2) is 28.7 Å². The van der Waals surface area contributed by atoms with Crippen molar-refractivity contribution in [3.05, 3.63) is 17.8 Å². The van der Waals surface area contributed by atoms with E-state index in [0.717, 1.165) is 18.9 Å². The predicted octanol–water partition coefficient (Wildman–Crippen LogP) is 2.70. The number of anilines is 1. The molecule has 0 radical (unpaired) electrons. The third-order valence-electron chi connectivity index (χ3n) is 2.55.